The zero-order valence-corrected chi connectivity index (χ0v) is 11.3. The van der Waals surface area contributed by atoms with Crippen LogP contribution in [0.3, 0.4) is 0 Å². The molecular formula is C17H17FO2. The van der Waals surface area contributed by atoms with Crippen molar-refractivity contribution in [2.45, 2.75) is 25.4 Å². The summed E-state index contributed by atoms with van der Waals surface area (Å²) < 4.78 is 19.3. The van der Waals surface area contributed by atoms with Gasteiger partial charge in [-0.05, 0) is 36.6 Å². The highest BCUT2D eigenvalue weighted by Gasteiger charge is 2.28. The van der Waals surface area contributed by atoms with E-state index in [1.165, 1.54) is 6.07 Å². The number of hydrogen-bond donors (Lipinski definition) is 1. The van der Waals surface area contributed by atoms with Gasteiger partial charge in [-0.3, -0.25) is 0 Å². The second-order valence-electron chi connectivity index (χ2n) is 5.23. The first-order valence-corrected chi connectivity index (χ1v) is 6.82. The van der Waals surface area contributed by atoms with Gasteiger partial charge < -0.3 is 9.84 Å². The molecule has 0 radical (unpaired) electrons. The number of halogens is 1. The molecule has 1 aliphatic rings. The highest BCUT2D eigenvalue weighted by atomic mass is 19.1. The van der Waals surface area contributed by atoms with E-state index in [0.717, 1.165) is 17.7 Å². The molecule has 0 amide bonds. The highest BCUT2D eigenvalue weighted by Crippen LogP contribution is 2.41. The lowest BCUT2D eigenvalue weighted by Crippen LogP contribution is -2.20. The van der Waals surface area contributed by atoms with E-state index < -0.39 is 6.10 Å². The van der Waals surface area contributed by atoms with Crippen LogP contribution in [0.2, 0.25) is 0 Å². The third-order valence-electron chi connectivity index (χ3n) is 3.92. The zero-order chi connectivity index (χ0) is 14.1. The van der Waals surface area contributed by atoms with Crippen LogP contribution in [0.1, 0.15) is 35.1 Å². The lowest BCUT2D eigenvalue weighted by molar-refractivity contribution is 0.117. The SMILES string of the molecule is Cc1ccc(C(O)C2CCOc3ccccc32)cc1F. The molecule has 3 heteroatoms. The van der Waals surface area contributed by atoms with Crippen LogP contribution in [0.5, 0.6) is 5.75 Å². The van der Waals surface area contributed by atoms with Gasteiger partial charge in [0.2, 0.25) is 0 Å². The van der Waals surface area contributed by atoms with Crippen LogP contribution in [0.25, 0.3) is 0 Å². The van der Waals surface area contributed by atoms with Gasteiger partial charge >= 0.3 is 0 Å². The first kappa shape index (κ1) is 13.1. The average molecular weight is 272 g/mol. The lowest BCUT2D eigenvalue weighted by Gasteiger charge is -2.29. The highest BCUT2D eigenvalue weighted by molar-refractivity contribution is 5.40. The number of benzene rings is 2. The summed E-state index contributed by atoms with van der Waals surface area (Å²) in [6.07, 6.45) is 0.0170. The minimum absolute atomic E-state index is 0.0537. The number of hydrogen-bond acceptors (Lipinski definition) is 2. The maximum atomic E-state index is 13.7. The molecule has 2 unspecified atom stereocenters. The Kier molecular flexibility index (Phi) is 3.45. The van der Waals surface area contributed by atoms with Gasteiger partial charge in [-0.2, -0.15) is 0 Å². The Morgan fingerprint density at radius 2 is 2.05 bits per heavy atom. The number of fused-ring (bicyclic) bond motifs is 1. The maximum absolute atomic E-state index is 13.7. The van der Waals surface area contributed by atoms with Crippen LogP contribution in [0.15, 0.2) is 42.5 Å². The van der Waals surface area contributed by atoms with Crippen molar-refractivity contribution in [2.24, 2.45) is 0 Å². The molecule has 2 nitrogen and oxygen atoms in total. The maximum Gasteiger partial charge on any atom is 0.126 e. The fourth-order valence-electron chi connectivity index (χ4n) is 2.72. The summed E-state index contributed by atoms with van der Waals surface area (Å²) in [6.45, 7) is 2.29. The molecule has 0 fully saturated rings. The molecule has 20 heavy (non-hydrogen) atoms. The van der Waals surface area contributed by atoms with E-state index in [-0.39, 0.29) is 11.7 Å². The van der Waals surface area contributed by atoms with E-state index in [9.17, 15) is 9.50 Å². The monoisotopic (exact) mass is 272 g/mol. The second-order valence-corrected chi connectivity index (χ2v) is 5.23. The van der Waals surface area contributed by atoms with Crippen LogP contribution in [0.4, 0.5) is 4.39 Å². The molecule has 104 valence electrons. The molecule has 2 aromatic carbocycles. The number of rotatable bonds is 2. The molecule has 0 saturated heterocycles. The van der Waals surface area contributed by atoms with Gasteiger partial charge in [0.25, 0.3) is 0 Å². The summed E-state index contributed by atoms with van der Waals surface area (Å²) in [5, 5.41) is 10.6. The van der Waals surface area contributed by atoms with Crippen molar-refractivity contribution in [1.29, 1.82) is 0 Å². The largest absolute Gasteiger partial charge is 0.493 e. The summed E-state index contributed by atoms with van der Waals surface area (Å²) in [7, 11) is 0. The van der Waals surface area contributed by atoms with Gasteiger partial charge in [-0.25, -0.2) is 4.39 Å². The summed E-state index contributed by atoms with van der Waals surface area (Å²) in [4.78, 5) is 0. The molecule has 1 aliphatic heterocycles. The molecule has 3 rings (SSSR count). The fourth-order valence-corrected chi connectivity index (χ4v) is 2.72. The Hall–Kier alpha value is -1.87. The van der Waals surface area contributed by atoms with Crippen LogP contribution in [-0.4, -0.2) is 11.7 Å². The van der Waals surface area contributed by atoms with E-state index in [4.69, 9.17) is 4.74 Å². The van der Waals surface area contributed by atoms with Crippen molar-refractivity contribution < 1.29 is 14.2 Å². The lowest BCUT2D eigenvalue weighted by atomic mass is 9.85. The Bertz CT molecular complexity index is 624. The molecule has 0 spiro atoms. The van der Waals surface area contributed by atoms with Crippen LogP contribution >= 0.6 is 0 Å². The van der Waals surface area contributed by atoms with Gasteiger partial charge in [-0.1, -0.05) is 30.3 Å². The minimum atomic E-state index is -0.713. The third-order valence-corrected chi connectivity index (χ3v) is 3.92. The molecule has 1 N–H and O–H groups in total. The molecule has 1 heterocycles. The van der Waals surface area contributed by atoms with Crippen molar-refractivity contribution in [3.05, 3.63) is 65.0 Å². The van der Waals surface area contributed by atoms with Gasteiger partial charge in [0, 0.05) is 11.5 Å². The summed E-state index contributed by atoms with van der Waals surface area (Å²) in [5.74, 6) is 0.485. The van der Waals surface area contributed by atoms with E-state index in [2.05, 4.69) is 0 Å². The first-order chi connectivity index (χ1) is 9.66. The van der Waals surface area contributed by atoms with Crippen LogP contribution in [-0.2, 0) is 0 Å². The molecule has 2 atom stereocenters. The Labute approximate surface area is 117 Å². The Morgan fingerprint density at radius 3 is 2.85 bits per heavy atom. The molecule has 0 aliphatic carbocycles. The standard InChI is InChI=1S/C17H17FO2/c1-11-6-7-12(10-15(11)18)17(19)14-8-9-20-16-5-3-2-4-13(14)16/h2-7,10,14,17,19H,8-9H2,1H3. The van der Waals surface area contributed by atoms with Gasteiger partial charge in [0.05, 0.1) is 12.7 Å². The van der Waals surface area contributed by atoms with E-state index in [1.54, 1.807) is 19.1 Å². The van der Waals surface area contributed by atoms with E-state index in [0.29, 0.717) is 17.7 Å². The zero-order valence-electron chi connectivity index (χ0n) is 11.3. The quantitative estimate of drug-likeness (QED) is 0.902. The number of aliphatic hydroxyl groups excluding tert-OH is 1. The average Bonchev–Trinajstić information content (AvgIpc) is 2.49. The van der Waals surface area contributed by atoms with Crippen molar-refractivity contribution in [3.63, 3.8) is 0 Å². The predicted molar refractivity (Wildman–Crippen MR) is 75.4 cm³/mol. The first-order valence-electron chi connectivity index (χ1n) is 6.82. The van der Waals surface area contributed by atoms with Crippen molar-refractivity contribution in [1.82, 2.24) is 0 Å². The Morgan fingerprint density at radius 1 is 1.25 bits per heavy atom. The van der Waals surface area contributed by atoms with Crippen LogP contribution < -0.4 is 4.74 Å². The summed E-state index contributed by atoms with van der Waals surface area (Å²) in [5.41, 5.74) is 2.20. The smallest absolute Gasteiger partial charge is 0.126 e. The molecule has 2 aromatic rings. The van der Waals surface area contributed by atoms with Crippen molar-refractivity contribution >= 4 is 0 Å². The van der Waals surface area contributed by atoms with Crippen molar-refractivity contribution in [3.8, 4) is 5.75 Å². The molecule has 0 saturated carbocycles. The fraction of sp³-hybridized carbons (Fsp3) is 0.294. The normalized spacial score (nSPS) is 19.1. The number of aryl methyl sites for hydroxylation is 1. The summed E-state index contributed by atoms with van der Waals surface area (Å²) >= 11 is 0. The van der Waals surface area contributed by atoms with Gasteiger partial charge in [0.15, 0.2) is 0 Å². The predicted octanol–water partition coefficient (Wildman–Crippen LogP) is 3.73. The molecule has 0 bridgehead atoms. The minimum Gasteiger partial charge on any atom is -0.493 e. The molecular weight excluding hydrogens is 255 g/mol. The molecule has 0 aromatic heterocycles. The van der Waals surface area contributed by atoms with E-state index in [1.807, 2.05) is 24.3 Å². The third kappa shape index (κ3) is 2.29. The van der Waals surface area contributed by atoms with Crippen LogP contribution in [0, 0.1) is 12.7 Å². The van der Waals surface area contributed by atoms with E-state index >= 15 is 0 Å². The van der Waals surface area contributed by atoms with Gasteiger partial charge in [0.1, 0.15) is 11.6 Å². The topological polar surface area (TPSA) is 29.5 Å². The van der Waals surface area contributed by atoms with Gasteiger partial charge in [-0.15, -0.1) is 0 Å². The number of ether oxygens (including phenoxy) is 1. The summed E-state index contributed by atoms with van der Waals surface area (Å²) in [6, 6.07) is 12.7. The second kappa shape index (κ2) is 5.25. The number of para-hydroxylation sites is 1. The van der Waals surface area contributed by atoms with Crippen molar-refractivity contribution in [2.75, 3.05) is 6.61 Å². The Balaban J connectivity index is 1.95. The number of aliphatic hydroxyl groups is 1.